The molecule has 0 aliphatic rings. The smallest absolute Gasteiger partial charge is 0.134 e. The first-order chi connectivity index (χ1) is 11.3. The highest BCUT2D eigenvalue weighted by Gasteiger charge is 2.14. The van der Waals surface area contributed by atoms with Crippen LogP contribution in [0, 0.1) is 6.92 Å². The minimum Gasteiger partial charge on any atom is -0.459 e. The van der Waals surface area contributed by atoms with Crippen LogP contribution in [0.2, 0.25) is 0 Å². The van der Waals surface area contributed by atoms with Crippen LogP contribution in [0.1, 0.15) is 23.3 Å². The monoisotopic (exact) mass is 310 g/mol. The number of aryl methyl sites for hydroxylation is 1. The minimum absolute atomic E-state index is 0.197. The molecule has 0 aliphatic carbocycles. The predicted molar refractivity (Wildman–Crippen MR) is 91.0 cm³/mol. The number of hydrogen-bond donors (Lipinski definition) is 1. The lowest BCUT2D eigenvalue weighted by atomic mass is 10.1. The van der Waals surface area contributed by atoms with Crippen molar-refractivity contribution in [1.82, 2.24) is 9.88 Å². The predicted octanol–water partition coefficient (Wildman–Crippen LogP) is 3.52. The zero-order chi connectivity index (χ0) is 16.1. The van der Waals surface area contributed by atoms with E-state index in [-0.39, 0.29) is 6.61 Å². The van der Waals surface area contributed by atoms with Gasteiger partial charge in [0.05, 0.1) is 6.54 Å². The van der Waals surface area contributed by atoms with Crippen molar-refractivity contribution in [3.05, 3.63) is 65.7 Å². The first kappa shape index (κ1) is 15.7. The molecule has 0 aliphatic heterocycles. The van der Waals surface area contributed by atoms with Crippen molar-refractivity contribution in [2.45, 2.75) is 26.4 Å². The molecule has 2 heterocycles. The van der Waals surface area contributed by atoms with E-state index >= 15 is 0 Å². The number of nitrogens with zero attached hydrogens (tertiary/aromatic N) is 2. The Labute approximate surface area is 136 Å². The third-order valence-electron chi connectivity index (χ3n) is 4.07. The SMILES string of the molecule is Cc1c(CN(CCCO)Cc2cccnc2)oc2ccccc12. The number of para-hydroxylation sites is 1. The van der Waals surface area contributed by atoms with Crippen LogP contribution in [-0.2, 0) is 13.1 Å². The number of furan rings is 1. The van der Waals surface area contributed by atoms with Crippen LogP contribution < -0.4 is 0 Å². The van der Waals surface area contributed by atoms with Gasteiger partial charge in [0.1, 0.15) is 11.3 Å². The van der Waals surface area contributed by atoms with E-state index in [2.05, 4.69) is 28.9 Å². The average molecular weight is 310 g/mol. The van der Waals surface area contributed by atoms with Crippen LogP contribution in [0.3, 0.4) is 0 Å². The number of aromatic nitrogens is 1. The molecular formula is C19H22N2O2. The fourth-order valence-electron chi connectivity index (χ4n) is 2.84. The normalized spacial score (nSPS) is 11.4. The minimum atomic E-state index is 0.197. The van der Waals surface area contributed by atoms with E-state index in [9.17, 15) is 0 Å². The molecule has 0 fully saturated rings. The second-order valence-electron chi connectivity index (χ2n) is 5.80. The summed E-state index contributed by atoms with van der Waals surface area (Å²) in [6.07, 6.45) is 4.42. The zero-order valence-corrected chi connectivity index (χ0v) is 13.4. The zero-order valence-electron chi connectivity index (χ0n) is 13.4. The molecule has 0 saturated heterocycles. The largest absolute Gasteiger partial charge is 0.459 e. The summed E-state index contributed by atoms with van der Waals surface area (Å²) in [6.45, 7) is 4.65. The average Bonchev–Trinajstić information content (AvgIpc) is 2.90. The van der Waals surface area contributed by atoms with Gasteiger partial charge in [-0.25, -0.2) is 0 Å². The van der Waals surface area contributed by atoms with E-state index in [0.717, 1.165) is 37.4 Å². The van der Waals surface area contributed by atoms with Gasteiger partial charge in [0.25, 0.3) is 0 Å². The second-order valence-corrected chi connectivity index (χ2v) is 5.80. The molecule has 1 aromatic carbocycles. The molecule has 0 radical (unpaired) electrons. The maximum absolute atomic E-state index is 9.15. The molecule has 120 valence electrons. The molecule has 0 amide bonds. The highest BCUT2D eigenvalue weighted by Crippen LogP contribution is 2.26. The Bertz CT molecular complexity index is 752. The molecule has 3 aromatic rings. The van der Waals surface area contributed by atoms with Crippen LogP contribution in [-0.4, -0.2) is 28.1 Å². The summed E-state index contributed by atoms with van der Waals surface area (Å²) in [5.74, 6) is 0.994. The number of rotatable bonds is 7. The number of aliphatic hydroxyl groups is 1. The van der Waals surface area contributed by atoms with Gasteiger partial charge in [0, 0.05) is 37.5 Å². The number of pyridine rings is 1. The summed E-state index contributed by atoms with van der Waals surface area (Å²) in [6, 6.07) is 12.2. The molecule has 0 bridgehead atoms. The highest BCUT2D eigenvalue weighted by molar-refractivity contribution is 5.81. The Kier molecular flexibility index (Phi) is 5.05. The van der Waals surface area contributed by atoms with Crippen LogP contribution >= 0.6 is 0 Å². The molecule has 3 rings (SSSR count). The quantitative estimate of drug-likeness (QED) is 0.725. The van der Waals surface area contributed by atoms with Gasteiger partial charge in [0.15, 0.2) is 0 Å². The topological polar surface area (TPSA) is 49.5 Å². The van der Waals surface area contributed by atoms with Crippen molar-refractivity contribution in [2.24, 2.45) is 0 Å². The third kappa shape index (κ3) is 3.78. The second kappa shape index (κ2) is 7.40. The molecule has 0 spiro atoms. The van der Waals surface area contributed by atoms with Crippen LogP contribution in [0.4, 0.5) is 0 Å². The first-order valence-corrected chi connectivity index (χ1v) is 7.97. The van der Waals surface area contributed by atoms with Crippen molar-refractivity contribution in [2.75, 3.05) is 13.2 Å². The van der Waals surface area contributed by atoms with Crippen molar-refractivity contribution in [3.8, 4) is 0 Å². The molecular weight excluding hydrogens is 288 g/mol. The summed E-state index contributed by atoms with van der Waals surface area (Å²) in [4.78, 5) is 6.47. The summed E-state index contributed by atoms with van der Waals surface area (Å²) in [7, 11) is 0. The van der Waals surface area contributed by atoms with Gasteiger partial charge in [-0.1, -0.05) is 24.3 Å². The van der Waals surface area contributed by atoms with Gasteiger partial charge in [0.2, 0.25) is 0 Å². The molecule has 23 heavy (non-hydrogen) atoms. The fraction of sp³-hybridized carbons (Fsp3) is 0.316. The summed E-state index contributed by atoms with van der Waals surface area (Å²) in [5, 5.41) is 10.3. The third-order valence-corrected chi connectivity index (χ3v) is 4.07. The Morgan fingerprint density at radius 2 is 2.00 bits per heavy atom. The molecule has 0 saturated carbocycles. The van der Waals surface area contributed by atoms with Crippen molar-refractivity contribution < 1.29 is 9.52 Å². The number of hydrogen-bond acceptors (Lipinski definition) is 4. The van der Waals surface area contributed by atoms with E-state index in [1.807, 2.05) is 30.5 Å². The van der Waals surface area contributed by atoms with Crippen molar-refractivity contribution in [1.29, 1.82) is 0 Å². The summed E-state index contributed by atoms with van der Waals surface area (Å²) < 4.78 is 6.03. The van der Waals surface area contributed by atoms with Crippen LogP contribution in [0.5, 0.6) is 0 Å². The maximum Gasteiger partial charge on any atom is 0.134 e. The number of fused-ring (bicyclic) bond motifs is 1. The van der Waals surface area contributed by atoms with E-state index < -0.39 is 0 Å². The molecule has 2 aromatic heterocycles. The molecule has 0 atom stereocenters. The molecule has 0 unspecified atom stereocenters. The molecule has 4 nitrogen and oxygen atoms in total. The van der Waals surface area contributed by atoms with E-state index in [1.54, 1.807) is 6.20 Å². The highest BCUT2D eigenvalue weighted by atomic mass is 16.3. The van der Waals surface area contributed by atoms with Crippen LogP contribution in [0.25, 0.3) is 11.0 Å². The number of aliphatic hydroxyl groups excluding tert-OH is 1. The Morgan fingerprint density at radius 1 is 1.13 bits per heavy atom. The van der Waals surface area contributed by atoms with E-state index in [1.165, 1.54) is 16.5 Å². The van der Waals surface area contributed by atoms with Gasteiger partial charge in [-0.3, -0.25) is 9.88 Å². The van der Waals surface area contributed by atoms with Gasteiger partial charge in [-0.2, -0.15) is 0 Å². The Morgan fingerprint density at radius 3 is 2.74 bits per heavy atom. The Balaban J connectivity index is 1.80. The maximum atomic E-state index is 9.15. The van der Waals surface area contributed by atoms with Crippen molar-refractivity contribution in [3.63, 3.8) is 0 Å². The van der Waals surface area contributed by atoms with Gasteiger partial charge < -0.3 is 9.52 Å². The lowest BCUT2D eigenvalue weighted by Crippen LogP contribution is -2.24. The van der Waals surface area contributed by atoms with E-state index in [0.29, 0.717) is 0 Å². The standard InChI is InChI=1S/C19H22N2O2/c1-15-17-7-2-3-8-18(17)23-19(15)14-21(10-5-11-22)13-16-6-4-9-20-12-16/h2-4,6-9,12,22H,5,10-11,13-14H2,1H3. The van der Waals surface area contributed by atoms with Gasteiger partial charge in [-0.15, -0.1) is 0 Å². The lowest BCUT2D eigenvalue weighted by molar-refractivity contribution is 0.202. The van der Waals surface area contributed by atoms with Crippen molar-refractivity contribution >= 4 is 11.0 Å². The molecule has 4 heteroatoms. The molecule has 1 N–H and O–H groups in total. The summed E-state index contributed by atoms with van der Waals surface area (Å²) >= 11 is 0. The van der Waals surface area contributed by atoms with Crippen LogP contribution in [0.15, 0.2) is 53.2 Å². The van der Waals surface area contributed by atoms with Gasteiger partial charge >= 0.3 is 0 Å². The first-order valence-electron chi connectivity index (χ1n) is 7.97. The Hall–Kier alpha value is -2.17. The summed E-state index contributed by atoms with van der Waals surface area (Å²) in [5.41, 5.74) is 3.29. The van der Waals surface area contributed by atoms with E-state index in [4.69, 9.17) is 9.52 Å². The lowest BCUT2D eigenvalue weighted by Gasteiger charge is -2.21. The fourth-order valence-corrected chi connectivity index (χ4v) is 2.84. The van der Waals surface area contributed by atoms with Gasteiger partial charge in [-0.05, 0) is 36.6 Å². The number of benzene rings is 1.